The van der Waals surface area contributed by atoms with E-state index in [2.05, 4.69) is 5.32 Å². The number of aliphatic hydroxyl groups is 1. The highest BCUT2D eigenvalue weighted by atomic mass is 16.7. The van der Waals surface area contributed by atoms with Crippen molar-refractivity contribution in [3.63, 3.8) is 0 Å². The molecule has 0 spiro atoms. The Morgan fingerprint density at radius 3 is 2.83 bits per heavy atom. The normalized spacial score (nSPS) is 25.2. The number of nitrogens with one attached hydrogen (secondary N) is 1. The Morgan fingerprint density at radius 2 is 2.17 bits per heavy atom. The highest BCUT2D eigenvalue weighted by Gasteiger charge is 2.34. The van der Waals surface area contributed by atoms with Crippen molar-refractivity contribution in [3.05, 3.63) is 35.9 Å². The Bertz CT molecular complexity index is 344. The maximum Gasteiger partial charge on any atom is 0.146 e. The maximum atomic E-state index is 9.66. The predicted octanol–water partition coefficient (Wildman–Crippen LogP) is 1.11. The SMILES string of the molecule is COCO[C@H]1CCNC1[C@H](CO)c1ccccc1. The molecule has 0 amide bonds. The number of rotatable bonds is 6. The van der Waals surface area contributed by atoms with Gasteiger partial charge < -0.3 is 19.9 Å². The van der Waals surface area contributed by atoms with Crippen LogP contribution in [0, 0.1) is 0 Å². The van der Waals surface area contributed by atoms with Crippen LogP contribution in [0.4, 0.5) is 0 Å². The van der Waals surface area contributed by atoms with Crippen molar-refractivity contribution >= 4 is 0 Å². The molecule has 1 aliphatic heterocycles. The van der Waals surface area contributed by atoms with Crippen molar-refractivity contribution < 1.29 is 14.6 Å². The smallest absolute Gasteiger partial charge is 0.146 e. The fourth-order valence-electron chi connectivity index (χ4n) is 2.57. The first-order valence-corrected chi connectivity index (χ1v) is 6.36. The molecule has 0 aromatic heterocycles. The van der Waals surface area contributed by atoms with Gasteiger partial charge in [-0.1, -0.05) is 30.3 Å². The average molecular weight is 251 g/mol. The van der Waals surface area contributed by atoms with Crippen molar-refractivity contribution in [1.82, 2.24) is 5.32 Å². The van der Waals surface area contributed by atoms with Crippen LogP contribution in [-0.2, 0) is 9.47 Å². The molecule has 3 atom stereocenters. The van der Waals surface area contributed by atoms with Crippen LogP contribution >= 0.6 is 0 Å². The predicted molar refractivity (Wildman–Crippen MR) is 69.4 cm³/mol. The molecule has 0 radical (unpaired) electrons. The molecule has 2 rings (SSSR count). The quantitative estimate of drug-likeness (QED) is 0.744. The average Bonchev–Trinajstić information content (AvgIpc) is 2.87. The van der Waals surface area contributed by atoms with Crippen molar-refractivity contribution in [3.8, 4) is 0 Å². The minimum atomic E-state index is 0.0653. The molecule has 1 aromatic carbocycles. The van der Waals surface area contributed by atoms with Gasteiger partial charge in [-0.25, -0.2) is 0 Å². The molecule has 1 aromatic rings. The lowest BCUT2D eigenvalue weighted by molar-refractivity contribution is -0.0781. The molecule has 1 fully saturated rings. The van der Waals surface area contributed by atoms with Crippen LogP contribution in [-0.4, -0.2) is 44.3 Å². The molecule has 4 heteroatoms. The standard InChI is InChI=1S/C14H21NO3/c1-17-10-18-13-7-8-15-14(13)12(9-16)11-5-3-2-4-6-11/h2-6,12-16H,7-10H2,1H3/t12-,13+,14?/m1/s1. The van der Waals surface area contributed by atoms with E-state index >= 15 is 0 Å². The van der Waals surface area contributed by atoms with Gasteiger partial charge in [0, 0.05) is 19.1 Å². The van der Waals surface area contributed by atoms with E-state index in [-0.39, 0.29) is 24.7 Å². The van der Waals surface area contributed by atoms with Crippen LogP contribution in [0.3, 0.4) is 0 Å². The van der Waals surface area contributed by atoms with Gasteiger partial charge in [-0.2, -0.15) is 0 Å². The number of aliphatic hydroxyl groups excluding tert-OH is 1. The van der Waals surface area contributed by atoms with E-state index in [1.54, 1.807) is 7.11 Å². The largest absolute Gasteiger partial charge is 0.396 e. The van der Waals surface area contributed by atoms with E-state index in [4.69, 9.17) is 9.47 Å². The van der Waals surface area contributed by atoms with Crippen molar-refractivity contribution in [2.45, 2.75) is 24.5 Å². The zero-order valence-electron chi connectivity index (χ0n) is 10.7. The van der Waals surface area contributed by atoms with Crippen LogP contribution in [0.2, 0.25) is 0 Å². The lowest BCUT2D eigenvalue weighted by atomic mass is 9.90. The van der Waals surface area contributed by atoms with Gasteiger partial charge >= 0.3 is 0 Å². The van der Waals surface area contributed by atoms with Crippen LogP contribution in [0.5, 0.6) is 0 Å². The van der Waals surface area contributed by atoms with Gasteiger partial charge in [0.25, 0.3) is 0 Å². The van der Waals surface area contributed by atoms with Crippen LogP contribution in [0.1, 0.15) is 17.9 Å². The van der Waals surface area contributed by atoms with Gasteiger partial charge in [-0.15, -0.1) is 0 Å². The molecule has 0 bridgehead atoms. The second kappa shape index (κ2) is 6.85. The summed E-state index contributed by atoms with van der Waals surface area (Å²) in [6.07, 6.45) is 1.06. The molecular formula is C14H21NO3. The van der Waals surface area contributed by atoms with E-state index in [9.17, 15) is 5.11 Å². The Morgan fingerprint density at radius 1 is 1.39 bits per heavy atom. The summed E-state index contributed by atoms with van der Waals surface area (Å²) in [5.41, 5.74) is 1.14. The third-order valence-corrected chi connectivity index (χ3v) is 3.47. The van der Waals surface area contributed by atoms with Crippen molar-refractivity contribution in [2.75, 3.05) is 27.1 Å². The van der Waals surface area contributed by atoms with Gasteiger partial charge in [-0.05, 0) is 18.5 Å². The zero-order valence-corrected chi connectivity index (χ0v) is 10.7. The van der Waals surface area contributed by atoms with E-state index in [1.807, 2.05) is 30.3 Å². The van der Waals surface area contributed by atoms with Crippen molar-refractivity contribution in [2.24, 2.45) is 0 Å². The van der Waals surface area contributed by atoms with Crippen molar-refractivity contribution in [1.29, 1.82) is 0 Å². The third-order valence-electron chi connectivity index (χ3n) is 3.47. The molecule has 0 aliphatic carbocycles. The summed E-state index contributed by atoms with van der Waals surface area (Å²) >= 11 is 0. The molecule has 1 heterocycles. The number of hydrogen-bond donors (Lipinski definition) is 2. The molecule has 100 valence electrons. The first-order chi connectivity index (χ1) is 8.86. The molecule has 1 saturated heterocycles. The first kappa shape index (κ1) is 13.5. The molecule has 1 unspecified atom stereocenters. The molecule has 0 saturated carbocycles. The summed E-state index contributed by atoms with van der Waals surface area (Å²) in [5.74, 6) is 0.0653. The molecule has 18 heavy (non-hydrogen) atoms. The molecular weight excluding hydrogens is 230 g/mol. The minimum Gasteiger partial charge on any atom is -0.396 e. The van der Waals surface area contributed by atoms with Gasteiger partial charge in [0.05, 0.1) is 12.7 Å². The van der Waals surface area contributed by atoms with Gasteiger partial charge in [0.15, 0.2) is 0 Å². The van der Waals surface area contributed by atoms with Crippen LogP contribution in [0.15, 0.2) is 30.3 Å². The maximum absolute atomic E-state index is 9.66. The summed E-state index contributed by atoms with van der Waals surface area (Å²) < 4.78 is 10.6. The van der Waals surface area contributed by atoms with Crippen LogP contribution in [0.25, 0.3) is 0 Å². The lowest BCUT2D eigenvalue weighted by Crippen LogP contribution is -2.39. The fourth-order valence-corrected chi connectivity index (χ4v) is 2.57. The fraction of sp³-hybridized carbons (Fsp3) is 0.571. The van der Waals surface area contributed by atoms with E-state index in [0.29, 0.717) is 6.79 Å². The highest BCUT2D eigenvalue weighted by molar-refractivity contribution is 5.22. The Hall–Kier alpha value is -0.940. The Kier molecular flexibility index (Phi) is 5.13. The van der Waals surface area contributed by atoms with Crippen LogP contribution < -0.4 is 5.32 Å². The highest BCUT2D eigenvalue weighted by Crippen LogP contribution is 2.27. The monoisotopic (exact) mass is 251 g/mol. The second-order valence-corrected chi connectivity index (χ2v) is 4.58. The number of benzene rings is 1. The second-order valence-electron chi connectivity index (χ2n) is 4.58. The Labute approximate surface area is 108 Å². The summed E-state index contributed by atoms with van der Waals surface area (Å²) in [6, 6.07) is 10.2. The summed E-state index contributed by atoms with van der Waals surface area (Å²) in [7, 11) is 1.62. The lowest BCUT2D eigenvalue weighted by Gasteiger charge is -2.27. The van der Waals surface area contributed by atoms with E-state index < -0.39 is 0 Å². The summed E-state index contributed by atoms with van der Waals surface area (Å²) in [6.45, 7) is 1.34. The third kappa shape index (κ3) is 3.09. The van der Waals surface area contributed by atoms with Gasteiger partial charge in [0.1, 0.15) is 6.79 Å². The minimum absolute atomic E-state index is 0.0653. The summed E-state index contributed by atoms with van der Waals surface area (Å²) in [4.78, 5) is 0. The van der Waals surface area contributed by atoms with E-state index in [0.717, 1.165) is 18.5 Å². The summed E-state index contributed by atoms with van der Waals surface area (Å²) in [5, 5.41) is 13.1. The van der Waals surface area contributed by atoms with Gasteiger partial charge in [-0.3, -0.25) is 0 Å². The molecule has 2 N–H and O–H groups in total. The first-order valence-electron chi connectivity index (χ1n) is 6.36. The zero-order chi connectivity index (χ0) is 12.8. The number of methoxy groups -OCH3 is 1. The van der Waals surface area contributed by atoms with Gasteiger partial charge in [0.2, 0.25) is 0 Å². The number of hydrogen-bond acceptors (Lipinski definition) is 4. The molecule has 1 aliphatic rings. The van der Waals surface area contributed by atoms with E-state index in [1.165, 1.54) is 0 Å². The molecule has 4 nitrogen and oxygen atoms in total. The number of ether oxygens (including phenoxy) is 2. The Balaban J connectivity index is 2.07. The topological polar surface area (TPSA) is 50.7 Å².